The third-order valence-corrected chi connectivity index (χ3v) is 3.84. The van der Waals surface area contributed by atoms with Gasteiger partial charge in [-0.05, 0) is 33.3 Å². The minimum Gasteiger partial charge on any atom is -0.459 e. The highest BCUT2D eigenvalue weighted by Gasteiger charge is 2.17. The highest BCUT2D eigenvalue weighted by atomic mass is 35.5. The molecule has 0 fully saturated rings. The molecule has 0 bridgehead atoms. The maximum Gasteiger partial charge on any atom is 0.316 e. The van der Waals surface area contributed by atoms with Gasteiger partial charge in [-0.1, -0.05) is 41.9 Å². The van der Waals surface area contributed by atoms with E-state index in [-0.39, 0.29) is 11.7 Å². The predicted octanol–water partition coefficient (Wildman–Crippen LogP) is 4.64. The van der Waals surface area contributed by atoms with E-state index in [0.29, 0.717) is 20.9 Å². The van der Waals surface area contributed by atoms with Crippen LogP contribution in [0.5, 0.6) is 0 Å². The van der Waals surface area contributed by atoms with Crippen LogP contribution >= 0.6 is 35.0 Å². The number of ether oxygens (including phenoxy) is 1. The van der Waals surface area contributed by atoms with Gasteiger partial charge in [0.05, 0.1) is 15.8 Å². The van der Waals surface area contributed by atoms with E-state index < -0.39 is 5.60 Å². The quantitative estimate of drug-likeness (QED) is 0.597. The van der Waals surface area contributed by atoms with Gasteiger partial charge in [0.15, 0.2) is 0 Å². The number of esters is 1. The standard InChI is InChI=1S/C14H20Cl2N2O2S/c1-5-6-17-12-9(15)7-10(16)13(18-12)21-8-11(19)20-14(2,3)4/h7H,5-6,8H2,1-4H3,(H,17,18). The largest absolute Gasteiger partial charge is 0.459 e. The monoisotopic (exact) mass is 350 g/mol. The molecule has 0 saturated carbocycles. The van der Waals surface area contributed by atoms with Gasteiger partial charge in [-0.15, -0.1) is 0 Å². The van der Waals surface area contributed by atoms with Gasteiger partial charge < -0.3 is 10.1 Å². The number of pyridine rings is 1. The molecule has 0 atom stereocenters. The number of carbonyl (C=O) groups excluding carboxylic acids is 1. The number of hydrogen-bond acceptors (Lipinski definition) is 5. The maximum absolute atomic E-state index is 11.7. The van der Waals surface area contributed by atoms with E-state index in [1.165, 1.54) is 11.8 Å². The second-order valence-electron chi connectivity index (χ2n) is 5.41. The number of hydrogen-bond donors (Lipinski definition) is 1. The van der Waals surface area contributed by atoms with E-state index in [9.17, 15) is 4.79 Å². The first-order valence-electron chi connectivity index (χ1n) is 6.67. The van der Waals surface area contributed by atoms with Crippen LogP contribution in [0.15, 0.2) is 11.1 Å². The Morgan fingerprint density at radius 3 is 2.62 bits per heavy atom. The number of nitrogens with one attached hydrogen (secondary N) is 1. The molecule has 0 aliphatic rings. The molecule has 1 heterocycles. The summed E-state index contributed by atoms with van der Waals surface area (Å²) in [6.45, 7) is 8.31. The Kier molecular flexibility index (Phi) is 7.10. The van der Waals surface area contributed by atoms with Crippen LogP contribution in [0.25, 0.3) is 0 Å². The summed E-state index contributed by atoms with van der Waals surface area (Å²) in [6.07, 6.45) is 0.959. The molecular formula is C14H20Cl2N2O2S. The number of carbonyl (C=O) groups is 1. The topological polar surface area (TPSA) is 51.2 Å². The minimum atomic E-state index is -0.497. The fourth-order valence-corrected chi connectivity index (χ4v) is 2.67. The van der Waals surface area contributed by atoms with Crippen molar-refractivity contribution in [3.05, 3.63) is 16.1 Å². The molecule has 118 valence electrons. The fourth-order valence-electron chi connectivity index (χ4n) is 1.42. The van der Waals surface area contributed by atoms with Gasteiger partial charge in [0.25, 0.3) is 0 Å². The normalized spacial score (nSPS) is 11.3. The highest BCUT2D eigenvalue weighted by Crippen LogP contribution is 2.32. The van der Waals surface area contributed by atoms with E-state index in [0.717, 1.165) is 13.0 Å². The SMILES string of the molecule is CCCNc1nc(SCC(=O)OC(C)(C)C)c(Cl)cc1Cl. The lowest BCUT2D eigenvalue weighted by Gasteiger charge is -2.19. The van der Waals surface area contributed by atoms with Gasteiger partial charge in [-0.25, -0.2) is 4.98 Å². The number of anilines is 1. The summed E-state index contributed by atoms with van der Waals surface area (Å²) in [5, 5.41) is 4.58. The van der Waals surface area contributed by atoms with Crippen molar-refractivity contribution in [1.82, 2.24) is 4.98 Å². The first kappa shape index (κ1) is 18.4. The van der Waals surface area contributed by atoms with Gasteiger partial charge in [0.2, 0.25) is 0 Å². The molecule has 0 aliphatic carbocycles. The van der Waals surface area contributed by atoms with E-state index >= 15 is 0 Å². The van der Waals surface area contributed by atoms with Crippen molar-refractivity contribution >= 4 is 46.8 Å². The summed E-state index contributed by atoms with van der Waals surface area (Å²) >= 11 is 13.4. The zero-order valence-electron chi connectivity index (χ0n) is 12.6. The average Bonchev–Trinajstić information content (AvgIpc) is 2.34. The summed E-state index contributed by atoms with van der Waals surface area (Å²) in [5.74, 6) is 0.428. The number of thioether (sulfide) groups is 1. The van der Waals surface area contributed by atoms with Crippen LogP contribution in [0.2, 0.25) is 10.0 Å². The Morgan fingerprint density at radius 1 is 1.38 bits per heavy atom. The highest BCUT2D eigenvalue weighted by molar-refractivity contribution is 8.00. The minimum absolute atomic E-state index is 0.152. The van der Waals surface area contributed by atoms with Crippen molar-refractivity contribution < 1.29 is 9.53 Å². The van der Waals surface area contributed by atoms with Crippen LogP contribution in [0.1, 0.15) is 34.1 Å². The number of aromatic nitrogens is 1. The lowest BCUT2D eigenvalue weighted by Crippen LogP contribution is -2.24. The number of rotatable bonds is 6. The molecule has 0 saturated heterocycles. The van der Waals surface area contributed by atoms with Gasteiger partial charge in [0, 0.05) is 6.54 Å². The van der Waals surface area contributed by atoms with Crippen LogP contribution in [-0.4, -0.2) is 28.9 Å². The van der Waals surface area contributed by atoms with Crippen LogP contribution in [0, 0.1) is 0 Å². The average molecular weight is 351 g/mol. The lowest BCUT2D eigenvalue weighted by atomic mass is 10.2. The fraction of sp³-hybridized carbons (Fsp3) is 0.571. The molecule has 7 heteroatoms. The van der Waals surface area contributed by atoms with Crippen LogP contribution in [-0.2, 0) is 9.53 Å². The zero-order chi connectivity index (χ0) is 16.0. The molecule has 0 aliphatic heterocycles. The van der Waals surface area contributed by atoms with Crippen LogP contribution in [0.4, 0.5) is 5.82 Å². The summed E-state index contributed by atoms with van der Waals surface area (Å²) < 4.78 is 5.25. The Morgan fingerprint density at radius 2 is 2.05 bits per heavy atom. The molecule has 0 aromatic carbocycles. The summed E-state index contributed by atoms with van der Waals surface area (Å²) in [5.41, 5.74) is -0.497. The second-order valence-corrected chi connectivity index (χ2v) is 7.19. The van der Waals surface area contributed by atoms with Crippen molar-refractivity contribution in [1.29, 1.82) is 0 Å². The molecule has 1 rings (SSSR count). The number of nitrogens with zero attached hydrogens (tertiary/aromatic N) is 1. The van der Waals surface area contributed by atoms with Gasteiger partial charge in [-0.2, -0.15) is 0 Å². The Bertz CT molecular complexity index is 504. The van der Waals surface area contributed by atoms with E-state index in [4.69, 9.17) is 27.9 Å². The third kappa shape index (κ3) is 6.76. The zero-order valence-corrected chi connectivity index (χ0v) is 15.0. The lowest BCUT2D eigenvalue weighted by molar-refractivity contribution is -0.151. The second kappa shape index (κ2) is 8.11. The molecule has 4 nitrogen and oxygen atoms in total. The maximum atomic E-state index is 11.7. The molecule has 0 spiro atoms. The molecule has 1 N–H and O–H groups in total. The van der Waals surface area contributed by atoms with Crippen molar-refractivity contribution in [2.24, 2.45) is 0 Å². The molecule has 1 aromatic rings. The Hall–Kier alpha value is -0.650. The first-order chi connectivity index (χ1) is 9.73. The van der Waals surface area contributed by atoms with Gasteiger partial charge >= 0.3 is 5.97 Å². The predicted molar refractivity (Wildman–Crippen MR) is 89.6 cm³/mol. The Labute approximate surface area is 139 Å². The molecule has 0 amide bonds. The molecule has 1 aromatic heterocycles. The van der Waals surface area contributed by atoms with Crippen molar-refractivity contribution in [3.63, 3.8) is 0 Å². The Balaban J connectivity index is 2.72. The van der Waals surface area contributed by atoms with Gasteiger partial charge in [0.1, 0.15) is 16.4 Å². The van der Waals surface area contributed by atoms with Crippen LogP contribution < -0.4 is 5.32 Å². The molecular weight excluding hydrogens is 331 g/mol. The van der Waals surface area contributed by atoms with Crippen molar-refractivity contribution in [2.45, 2.75) is 44.7 Å². The number of halogens is 2. The van der Waals surface area contributed by atoms with Crippen LogP contribution in [0.3, 0.4) is 0 Å². The third-order valence-electron chi connectivity index (χ3n) is 2.19. The molecule has 21 heavy (non-hydrogen) atoms. The van der Waals surface area contributed by atoms with Gasteiger partial charge in [-0.3, -0.25) is 4.79 Å². The first-order valence-corrected chi connectivity index (χ1v) is 8.41. The van der Waals surface area contributed by atoms with E-state index in [2.05, 4.69) is 17.2 Å². The summed E-state index contributed by atoms with van der Waals surface area (Å²) in [7, 11) is 0. The van der Waals surface area contributed by atoms with E-state index in [1.807, 2.05) is 20.8 Å². The molecule has 0 radical (unpaired) electrons. The molecule has 0 unspecified atom stereocenters. The summed E-state index contributed by atoms with van der Waals surface area (Å²) in [4.78, 5) is 16.1. The van der Waals surface area contributed by atoms with E-state index in [1.54, 1.807) is 6.07 Å². The summed E-state index contributed by atoms with van der Waals surface area (Å²) in [6, 6.07) is 1.63. The van der Waals surface area contributed by atoms with Crippen molar-refractivity contribution in [3.8, 4) is 0 Å². The smallest absolute Gasteiger partial charge is 0.316 e. The van der Waals surface area contributed by atoms with Crippen molar-refractivity contribution in [2.75, 3.05) is 17.6 Å².